The van der Waals surface area contributed by atoms with Crippen LogP contribution in [0.15, 0.2) is 0 Å². The minimum absolute atomic E-state index is 0.0962. The third-order valence-corrected chi connectivity index (χ3v) is 4.47. The smallest absolute Gasteiger partial charge is 0.307 e. The number of carbonyl (C=O) groups is 2. The highest BCUT2D eigenvalue weighted by molar-refractivity contribution is 5.85. The summed E-state index contributed by atoms with van der Waals surface area (Å²) >= 11 is 0. The Kier molecular flexibility index (Phi) is 4.13. The van der Waals surface area contributed by atoms with E-state index in [0.29, 0.717) is 32.0 Å². The minimum atomic E-state index is -0.846. The standard InChI is InChI=1S/C14H23NO4/c1-9-7-10(11(8-9)13(17)18)12(16)15-14(2)3-5-19-6-4-14/h9-11H,3-8H2,1-2H3,(H,15,16)(H,17,18). The summed E-state index contributed by atoms with van der Waals surface area (Å²) in [4.78, 5) is 23.6. The van der Waals surface area contributed by atoms with Crippen LogP contribution in [0.4, 0.5) is 0 Å². The molecule has 2 aliphatic rings. The van der Waals surface area contributed by atoms with E-state index in [1.165, 1.54) is 0 Å². The lowest BCUT2D eigenvalue weighted by Crippen LogP contribution is -2.52. The van der Waals surface area contributed by atoms with Crippen LogP contribution in [-0.2, 0) is 14.3 Å². The zero-order valence-corrected chi connectivity index (χ0v) is 11.6. The van der Waals surface area contributed by atoms with Crippen molar-refractivity contribution in [3.05, 3.63) is 0 Å². The maximum atomic E-state index is 12.4. The van der Waals surface area contributed by atoms with Crippen molar-refractivity contribution >= 4 is 11.9 Å². The molecule has 0 radical (unpaired) electrons. The van der Waals surface area contributed by atoms with Crippen LogP contribution in [-0.4, -0.2) is 35.7 Å². The van der Waals surface area contributed by atoms with E-state index in [0.717, 1.165) is 12.8 Å². The second-order valence-electron chi connectivity index (χ2n) is 6.29. The van der Waals surface area contributed by atoms with Crippen molar-refractivity contribution in [3.63, 3.8) is 0 Å². The highest BCUT2D eigenvalue weighted by Gasteiger charge is 2.43. The van der Waals surface area contributed by atoms with Crippen LogP contribution in [0.25, 0.3) is 0 Å². The Morgan fingerprint density at radius 2 is 1.79 bits per heavy atom. The van der Waals surface area contributed by atoms with Crippen molar-refractivity contribution in [3.8, 4) is 0 Å². The molecular weight excluding hydrogens is 246 g/mol. The molecule has 0 bridgehead atoms. The van der Waals surface area contributed by atoms with Gasteiger partial charge in [-0.05, 0) is 38.5 Å². The minimum Gasteiger partial charge on any atom is -0.481 e. The third-order valence-electron chi connectivity index (χ3n) is 4.47. The fourth-order valence-electron chi connectivity index (χ4n) is 3.19. The van der Waals surface area contributed by atoms with E-state index in [4.69, 9.17) is 4.74 Å². The maximum Gasteiger partial charge on any atom is 0.307 e. The molecule has 0 spiro atoms. The number of rotatable bonds is 3. The number of amides is 1. The summed E-state index contributed by atoms with van der Waals surface area (Å²) in [6, 6.07) is 0. The summed E-state index contributed by atoms with van der Waals surface area (Å²) in [7, 11) is 0. The molecule has 0 aromatic rings. The Labute approximate surface area is 113 Å². The van der Waals surface area contributed by atoms with Crippen LogP contribution in [0.3, 0.4) is 0 Å². The molecule has 3 unspecified atom stereocenters. The highest BCUT2D eigenvalue weighted by Crippen LogP contribution is 2.37. The van der Waals surface area contributed by atoms with Gasteiger partial charge in [-0.25, -0.2) is 0 Å². The van der Waals surface area contributed by atoms with E-state index in [-0.39, 0.29) is 17.4 Å². The SMILES string of the molecule is CC1CC(C(=O)O)C(C(=O)NC2(C)CCOCC2)C1. The van der Waals surface area contributed by atoms with Crippen LogP contribution in [0.1, 0.15) is 39.5 Å². The number of hydrogen-bond donors (Lipinski definition) is 2. The van der Waals surface area contributed by atoms with Crippen LogP contribution in [0.2, 0.25) is 0 Å². The molecule has 2 N–H and O–H groups in total. The molecule has 5 nitrogen and oxygen atoms in total. The lowest BCUT2D eigenvalue weighted by Gasteiger charge is -2.35. The van der Waals surface area contributed by atoms with Gasteiger partial charge >= 0.3 is 5.97 Å². The van der Waals surface area contributed by atoms with Gasteiger partial charge in [0.2, 0.25) is 5.91 Å². The number of carboxylic acids is 1. The quantitative estimate of drug-likeness (QED) is 0.812. The normalized spacial score (nSPS) is 33.9. The molecule has 2 rings (SSSR count). The number of ether oxygens (including phenoxy) is 1. The van der Waals surface area contributed by atoms with Gasteiger partial charge in [-0.2, -0.15) is 0 Å². The molecule has 2 fully saturated rings. The molecule has 3 atom stereocenters. The Morgan fingerprint density at radius 3 is 2.37 bits per heavy atom. The van der Waals surface area contributed by atoms with Gasteiger partial charge in [0, 0.05) is 18.8 Å². The Bertz CT molecular complexity index is 362. The second-order valence-corrected chi connectivity index (χ2v) is 6.29. The molecule has 1 amide bonds. The van der Waals surface area contributed by atoms with Gasteiger partial charge in [-0.15, -0.1) is 0 Å². The van der Waals surface area contributed by atoms with E-state index in [1.807, 2.05) is 13.8 Å². The molecule has 1 aliphatic carbocycles. The lowest BCUT2D eigenvalue weighted by molar-refractivity contribution is -0.146. The van der Waals surface area contributed by atoms with E-state index in [9.17, 15) is 14.7 Å². The first-order valence-electron chi connectivity index (χ1n) is 7.04. The first kappa shape index (κ1) is 14.3. The first-order chi connectivity index (χ1) is 8.91. The van der Waals surface area contributed by atoms with Gasteiger partial charge < -0.3 is 15.2 Å². The fraction of sp³-hybridized carbons (Fsp3) is 0.857. The van der Waals surface area contributed by atoms with Crippen molar-refractivity contribution in [2.45, 2.75) is 45.1 Å². The number of carboxylic acid groups (broad SMARTS) is 1. The summed E-state index contributed by atoms with van der Waals surface area (Å²) in [5.41, 5.74) is -0.246. The molecule has 1 saturated carbocycles. The van der Waals surface area contributed by atoms with E-state index in [2.05, 4.69) is 5.32 Å². The van der Waals surface area contributed by atoms with Crippen LogP contribution >= 0.6 is 0 Å². The molecule has 5 heteroatoms. The number of aliphatic carboxylic acids is 1. The molecule has 108 valence electrons. The van der Waals surface area contributed by atoms with Crippen molar-refractivity contribution < 1.29 is 19.4 Å². The zero-order chi connectivity index (χ0) is 14.0. The molecular formula is C14H23NO4. The summed E-state index contributed by atoms with van der Waals surface area (Å²) in [5.74, 6) is -1.55. The van der Waals surface area contributed by atoms with Gasteiger partial charge in [-0.1, -0.05) is 6.92 Å². The summed E-state index contributed by atoms with van der Waals surface area (Å²) in [5, 5.41) is 12.3. The van der Waals surface area contributed by atoms with Crippen molar-refractivity contribution in [1.82, 2.24) is 5.32 Å². The van der Waals surface area contributed by atoms with Crippen LogP contribution < -0.4 is 5.32 Å². The Hall–Kier alpha value is -1.10. The highest BCUT2D eigenvalue weighted by atomic mass is 16.5. The summed E-state index contributed by atoms with van der Waals surface area (Å²) in [6.45, 7) is 5.33. The predicted octanol–water partition coefficient (Wildman–Crippen LogP) is 1.42. The van der Waals surface area contributed by atoms with Crippen molar-refractivity contribution in [2.75, 3.05) is 13.2 Å². The summed E-state index contributed by atoms with van der Waals surface area (Å²) in [6.07, 6.45) is 2.86. The number of hydrogen-bond acceptors (Lipinski definition) is 3. The molecule has 1 saturated heterocycles. The average Bonchev–Trinajstić information content (AvgIpc) is 2.72. The molecule has 19 heavy (non-hydrogen) atoms. The first-order valence-corrected chi connectivity index (χ1v) is 7.04. The topological polar surface area (TPSA) is 75.6 Å². The Balaban J connectivity index is 2.00. The van der Waals surface area contributed by atoms with Gasteiger partial charge in [0.25, 0.3) is 0 Å². The third kappa shape index (κ3) is 3.26. The predicted molar refractivity (Wildman–Crippen MR) is 69.6 cm³/mol. The second kappa shape index (κ2) is 5.49. The zero-order valence-electron chi connectivity index (χ0n) is 11.6. The summed E-state index contributed by atoms with van der Waals surface area (Å²) < 4.78 is 5.30. The van der Waals surface area contributed by atoms with Gasteiger partial charge in [0.05, 0.1) is 11.8 Å². The number of carbonyl (C=O) groups excluding carboxylic acids is 1. The van der Waals surface area contributed by atoms with E-state index >= 15 is 0 Å². The number of nitrogens with one attached hydrogen (secondary N) is 1. The molecule has 1 aliphatic heterocycles. The van der Waals surface area contributed by atoms with E-state index < -0.39 is 11.9 Å². The van der Waals surface area contributed by atoms with E-state index in [1.54, 1.807) is 0 Å². The van der Waals surface area contributed by atoms with Gasteiger partial charge in [0.15, 0.2) is 0 Å². The van der Waals surface area contributed by atoms with Crippen molar-refractivity contribution in [1.29, 1.82) is 0 Å². The average molecular weight is 269 g/mol. The largest absolute Gasteiger partial charge is 0.481 e. The monoisotopic (exact) mass is 269 g/mol. The van der Waals surface area contributed by atoms with Gasteiger partial charge in [-0.3, -0.25) is 9.59 Å². The van der Waals surface area contributed by atoms with Crippen LogP contribution in [0, 0.1) is 17.8 Å². The molecule has 1 heterocycles. The molecule has 0 aromatic carbocycles. The molecule has 0 aromatic heterocycles. The lowest BCUT2D eigenvalue weighted by atomic mass is 9.89. The maximum absolute atomic E-state index is 12.4. The van der Waals surface area contributed by atoms with Crippen LogP contribution in [0.5, 0.6) is 0 Å². The Morgan fingerprint density at radius 1 is 1.21 bits per heavy atom. The van der Waals surface area contributed by atoms with Gasteiger partial charge in [0.1, 0.15) is 0 Å². The van der Waals surface area contributed by atoms with Crippen molar-refractivity contribution in [2.24, 2.45) is 17.8 Å². The fourth-order valence-corrected chi connectivity index (χ4v) is 3.19.